The first-order valence-electron chi connectivity index (χ1n) is 6.98. The number of benzene rings is 2. The topological polar surface area (TPSA) is 62.1 Å². The van der Waals surface area contributed by atoms with Gasteiger partial charge in [0.2, 0.25) is 0 Å². The summed E-state index contributed by atoms with van der Waals surface area (Å²) in [6.45, 7) is 1.87. The lowest BCUT2D eigenvalue weighted by Gasteiger charge is -2.08. The van der Waals surface area contributed by atoms with Crippen molar-refractivity contribution in [3.63, 3.8) is 0 Å². The fraction of sp³-hybridized carbons (Fsp3) is 0.111. The minimum atomic E-state index is -0.558. The van der Waals surface area contributed by atoms with Crippen LogP contribution in [-0.4, -0.2) is 13.0 Å². The van der Waals surface area contributed by atoms with Gasteiger partial charge in [-0.3, -0.25) is 4.79 Å². The Balaban J connectivity index is 2.29. The first-order valence-corrected chi connectivity index (χ1v) is 7.73. The van der Waals surface area contributed by atoms with E-state index in [2.05, 4.69) is 5.32 Å². The number of rotatable bonds is 4. The molecule has 2 aromatic carbocycles. The third-order valence-electron chi connectivity index (χ3n) is 3.34. The summed E-state index contributed by atoms with van der Waals surface area (Å²) in [7, 11) is 1.58. The summed E-state index contributed by atoms with van der Waals surface area (Å²) in [5.74, 6) is 0.148. The molecule has 0 aliphatic heterocycles. The molecule has 0 aliphatic carbocycles. The number of hydrogen-bond acceptors (Lipinski definition) is 3. The Bertz CT molecular complexity index is 855. The molecule has 2 rings (SSSR count). The van der Waals surface area contributed by atoms with E-state index in [0.29, 0.717) is 16.5 Å². The second kappa shape index (κ2) is 7.87. The molecule has 6 heteroatoms. The van der Waals surface area contributed by atoms with Crippen molar-refractivity contribution in [2.45, 2.75) is 6.92 Å². The smallest absolute Gasteiger partial charge is 0.266 e. The summed E-state index contributed by atoms with van der Waals surface area (Å²) in [5, 5.41) is 12.4. The molecule has 0 atom stereocenters. The highest BCUT2D eigenvalue weighted by Crippen LogP contribution is 2.30. The number of halogens is 2. The molecular weight excluding hydrogens is 347 g/mol. The maximum absolute atomic E-state index is 12.3. The Morgan fingerprint density at radius 2 is 2.04 bits per heavy atom. The van der Waals surface area contributed by atoms with Gasteiger partial charge in [-0.25, -0.2) is 0 Å². The molecule has 0 aliphatic rings. The summed E-state index contributed by atoms with van der Waals surface area (Å²) in [5.41, 5.74) is 1.94. The SMILES string of the molecule is COc1ccc(/C=C(/C#N)C(=O)Nc2cccc(Cl)c2Cl)c(C)c1. The Morgan fingerprint density at radius 3 is 2.67 bits per heavy atom. The average molecular weight is 361 g/mol. The lowest BCUT2D eigenvalue weighted by atomic mass is 10.1. The van der Waals surface area contributed by atoms with Gasteiger partial charge in [-0.15, -0.1) is 0 Å². The molecule has 0 radical (unpaired) electrons. The lowest BCUT2D eigenvalue weighted by Crippen LogP contribution is -2.13. The van der Waals surface area contributed by atoms with E-state index in [1.54, 1.807) is 37.4 Å². The summed E-state index contributed by atoms with van der Waals surface area (Å²) in [6.07, 6.45) is 1.52. The Hall–Kier alpha value is -2.48. The molecule has 0 heterocycles. The Labute approximate surface area is 150 Å². The van der Waals surface area contributed by atoms with E-state index in [0.717, 1.165) is 11.1 Å². The van der Waals surface area contributed by atoms with Crippen molar-refractivity contribution in [2.75, 3.05) is 12.4 Å². The zero-order chi connectivity index (χ0) is 17.7. The van der Waals surface area contributed by atoms with Crippen molar-refractivity contribution in [3.8, 4) is 11.8 Å². The molecule has 4 nitrogen and oxygen atoms in total. The molecule has 0 bridgehead atoms. The van der Waals surface area contributed by atoms with Gasteiger partial charge in [0.05, 0.1) is 22.8 Å². The van der Waals surface area contributed by atoms with Crippen LogP contribution in [0.25, 0.3) is 6.08 Å². The van der Waals surface area contributed by atoms with Gasteiger partial charge in [-0.05, 0) is 48.4 Å². The predicted molar refractivity (Wildman–Crippen MR) is 96.4 cm³/mol. The van der Waals surface area contributed by atoms with E-state index in [1.807, 2.05) is 19.1 Å². The van der Waals surface area contributed by atoms with Crippen LogP contribution in [0.2, 0.25) is 10.0 Å². The van der Waals surface area contributed by atoms with Crippen LogP contribution in [0, 0.1) is 18.3 Å². The van der Waals surface area contributed by atoms with Crippen LogP contribution in [-0.2, 0) is 4.79 Å². The van der Waals surface area contributed by atoms with Crippen molar-refractivity contribution in [3.05, 3.63) is 63.1 Å². The molecule has 1 amide bonds. The highest BCUT2D eigenvalue weighted by Gasteiger charge is 2.13. The second-order valence-corrected chi connectivity index (χ2v) is 5.73. The van der Waals surface area contributed by atoms with Crippen LogP contribution >= 0.6 is 23.2 Å². The highest BCUT2D eigenvalue weighted by molar-refractivity contribution is 6.44. The van der Waals surface area contributed by atoms with Crippen LogP contribution in [0.5, 0.6) is 5.75 Å². The van der Waals surface area contributed by atoms with Crippen molar-refractivity contribution >= 4 is 40.9 Å². The number of hydrogen-bond donors (Lipinski definition) is 1. The lowest BCUT2D eigenvalue weighted by molar-refractivity contribution is -0.112. The number of aryl methyl sites for hydroxylation is 1. The zero-order valence-electron chi connectivity index (χ0n) is 13.1. The zero-order valence-corrected chi connectivity index (χ0v) is 14.6. The molecule has 0 spiro atoms. The second-order valence-electron chi connectivity index (χ2n) is 4.95. The quantitative estimate of drug-likeness (QED) is 0.625. The molecule has 0 aromatic heterocycles. The van der Waals surface area contributed by atoms with Gasteiger partial charge in [0, 0.05) is 0 Å². The number of nitrogens with zero attached hydrogens (tertiary/aromatic N) is 1. The largest absolute Gasteiger partial charge is 0.497 e. The molecule has 0 saturated heterocycles. The van der Waals surface area contributed by atoms with Crippen molar-refractivity contribution < 1.29 is 9.53 Å². The minimum Gasteiger partial charge on any atom is -0.497 e. The molecule has 122 valence electrons. The minimum absolute atomic E-state index is 0.0423. The number of amides is 1. The Kier molecular flexibility index (Phi) is 5.86. The number of carbonyl (C=O) groups excluding carboxylic acids is 1. The molecule has 0 fully saturated rings. The highest BCUT2D eigenvalue weighted by atomic mass is 35.5. The molecule has 0 saturated carbocycles. The van der Waals surface area contributed by atoms with Gasteiger partial charge in [0.15, 0.2) is 0 Å². The van der Waals surface area contributed by atoms with Gasteiger partial charge in [0.25, 0.3) is 5.91 Å². The number of anilines is 1. The third-order valence-corrected chi connectivity index (χ3v) is 4.16. The number of nitrogens with one attached hydrogen (secondary N) is 1. The first kappa shape index (κ1) is 17.9. The van der Waals surface area contributed by atoms with Crippen LogP contribution in [0.3, 0.4) is 0 Å². The van der Waals surface area contributed by atoms with Crippen molar-refractivity contribution in [1.29, 1.82) is 5.26 Å². The standard InChI is InChI=1S/C18H14Cl2N2O2/c1-11-8-14(24-2)7-6-12(11)9-13(10-21)18(23)22-16-5-3-4-15(19)17(16)20/h3-9H,1-2H3,(H,22,23)/b13-9-. The summed E-state index contributed by atoms with van der Waals surface area (Å²) >= 11 is 12.0. The molecule has 0 unspecified atom stereocenters. The number of ether oxygens (including phenoxy) is 1. The van der Waals surface area contributed by atoms with Crippen LogP contribution in [0.15, 0.2) is 42.0 Å². The van der Waals surface area contributed by atoms with Crippen molar-refractivity contribution in [2.24, 2.45) is 0 Å². The van der Waals surface area contributed by atoms with Gasteiger partial charge in [0.1, 0.15) is 17.4 Å². The van der Waals surface area contributed by atoms with Crippen LogP contribution in [0.4, 0.5) is 5.69 Å². The summed E-state index contributed by atoms with van der Waals surface area (Å²) in [4.78, 5) is 12.3. The molecular formula is C18H14Cl2N2O2. The van der Waals surface area contributed by atoms with E-state index in [-0.39, 0.29) is 10.6 Å². The van der Waals surface area contributed by atoms with E-state index in [9.17, 15) is 10.1 Å². The van der Waals surface area contributed by atoms with Crippen LogP contribution < -0.4 is 10.1 Å². The predicted octanol–water partition coefficient (Wildman–Crippen LogP) is 4.86. The number of methoxy groups -OCH3 is 1. The fourth-order valence-corrected chi connectivity index (χ4v) is 2.38. The summed E-state index contributed by atoms with van der Waals surface area (Å²) < 4.78 is 5.14. The maximum atomic E-state index is 12.3. The Morgan fingerprint density at radius 1 is 1.29 bits per heavy atom. The van der Waals surface area contributed by atoms with Crippen molar-refractivity contribution in [1.82, 2.24) is 0 Å². The monoisotopic (exact) mass is 360 g/mol. The number of carbonyl (C=O) groups is 1. The van der Waals surface area contributed by atoms with Gasteiger partial charge in [-0.2, -0.15) is 5.26 Å². The van der Waals surface area contributed by atoms with Crippen LogP contribution in [0.1, 0.15) is 11.1 Å². The van der Waals surface area contributed by atoms with E-state index in [4.69, 9.17) is 27.9 Å². The molecule has 24 heavy (non-hydrogen) atoms. The van der Waals surface area contributed by atoms with E-state index >= 15 is 0 Å². The average Bonchev–Trinajstić information content (AvgIpc) is 2.57. The van der Waals surface area contributed by atoms with E-state index < -0.39 is 5.91 Å². The molecule has 1 N–H and O–H groups in total. The van der Waals surface area contributed by atoms with Gasteiger partial charge < -0.3 is 10.1 Å². The number of nitriles is 1. The first-order chi connectivity index (χ1) is 11.5. The van der Waals surface area contributed by atoms with Gasteiger partial charge >= 0.3 is 0 Å². The summed E-state index contributed by atoms with van der Waals surface area (Å²) in [6, 6.07) is 12.2. The van der Waals surface area contributed by atoms with Gasteiger partial charge in [-0.1, -0.05) is 35.3 Å². The van der Waals surface area contributed by atoms with E-state index in [1.165, 1.54) is 6.08 Å². The third kappa shape index (κ3) is 4.08. The molecule has 2 aromatic rings. The fourth-order valence-electron chi connectivity index (χ4n) is 2.03. The maximum Gasteiger partial charge on any atom is 0.266 e. The normalized spacial score (nSPS) is 10.9.